The van der Waals surface area contributed by atoms with E-state index in [1.165, 1.54) is 32.6 Å². The van der Waals surface area contributed by atoms with E-state index in [-0.39, 0.29) is 5.91 Å². The summed E-state index contributed by atoms with van der Waals surface area (Å²) in [7, 11) is 0. The van der Waals surface area contributed by atoms with Crippen molar-refractivity contribution in [1.29, 1.82) is 0 Å². The Hall–Kier alpha value is -1.63. The number of hydrazine groups is 1. The summed E-state index contributed by atoms with van der Waals surface area (Å²) in [4.78, 5) is 28.6. The van der Waals surface area contributed by atoms with Crippen LogP contribution in [0.5, 0.6) is 0 Å². The minimum absolute atomic E-state index is 0.0245. The fraction of sp³-hybridized carbons (Fsp3) is 0.727. The van der Waals surface area contributed by atoms with Gasteiger partial charge in [-0.15, -0.1) is 0 Å². The van der Waals surface area contributed by atoms with Crippen LogP contribution in [0.25, 0.3) is 0 Å². The van der Waals surface area contributed by atoms with Crippen molar-refractivity contribution in [3.63, 3.8) is 0 Å². The minimum atomic E-state index is -1.82. The smallest absolute Gasteiger partial charge is 0.414 e. The summed E-state index contributed by atoms with van der Waals surface area (Å²) >= 11 is 0. The highest BCUT2D eigenvalue weighted by molar-refractivity contribution is 6.27. The first-order chi connectivity index (χ1) is 8.41. The fourth-order valence-electron chi connectivity index (χ4n) is 1.00. The second-order valence-electron chi connectivity index (χ2n) is 3.63. The van der Waals surface area contributed by atoms with Crippen molar-refractivity contribution >= 4 is 17.8 Å². The van der Waals surface area contributed by atoms with Crippen LogP contribution in [0.1, 0.15) is 46.0 Å². The fourth-order valence-corrected chi connectivity index (χ4v) is 1.00. The molecule has 1 amide bonds. The van der Waals surface area contributed by atoms with Gasteiger partial charge in [-0.1, -0.05) is 32.6 Å². The molecule has 0 fully saturated rings. The van der Waals surface area contributed by atoms with E-state index in [2.05, 4.69) is 17.8 Å². The molecule has 0 aromatic rings. The first-order valence-corrected chi connectivity index (χ1v) is 5.87. The SMILES string of the molecule is CCCCCCCNNC(C)=O.O=C(O)C(=O)O. The number of amides is 1. The number of unbranched alkanes of at least 4 members (excludes halogenated alkanes) is 4. The van der Waals surface area contributed by atoms with Crippen molar-refractivity contribution in [2.75, 3.05) is 6.54 Å². The molecule has 18 heavy (non-hydrogen) atoms. The highest BCUT2D eigenvalue weighted by Crippen LogP contribution is 2.00. The monoisotopic (exact) mass is 262 g/mol. The van der Waals surface area contributed by atoms with E-state index in [4.69, 9.17) is 19.8 Å². The Morgan fingerprint density at radius 1 is 0.944 bits per heavy atom. The standard InChI is InChI=1S/C9H20N2O.C2H2O4/c1-3-4-5-6-7-8-10-11-9(2)12;3-1(4)2(5)6/h10H,3-8H2,1-2H3,(H,11,12);(H,3,4)(H,5,6). The van der Waals surface area contributed by atoms with Crippen LogP contribution in [-0.4, -0.2) is 34.6 Å². The molecule has 0 aliphatic rings. The summed E-state index contributed by atoms with van der Waals surface area (Å²) in [5.41, 5.74) is 5.41. The molecule has 0 aromatic heterocycles. The first kappa shape index (κ1) is 18.7. The molecular formula is C11H22N2O5. The first-order valence-electron chi connectivity index (χ1n) is 5.87. The van der Waals surface area contributed by atoms with Gasteiger partial charge in [-0.3, -0.25) is 10.2 Å². The van der Waals surface area contributed by atoms with Gasteiger partial charge in [-0.25, -0.2) is 15.0 Å². The van der Waals surface area contributed by atoms with E-state index in [0.29, 0.717) is 0 Å². The number of nitrogens with one attached hydrogen (secondary N) is 2. The van der Waals surface area contributed by atoms with Gasteiger partial charge in [0.15, 0.2) is 0 Å². The zero-order valence-electron chi connectivity index (χ0n) is 10.9. The zero-order valence-corrected chi connectivity index (χ0v) is 10.9. The van der Waals surface area contributed by atoms with Crippen LogP contribution in [0.15, 0.2) is 0 Å². The molecule has 7 heteroatoms. The molecule has 0 aliphatic carbocycles. The predicted molar refractivity (Wildman–Crippen MR) is 65.9 cm³/mol. The van der Waals surface area contributed by atoms with Gasteiger partial charge in [0.1, 0.15) is 0 Å². The van der Waals surface area contributed by atoms with E-state index in [9.17, 15) is 4.79 Å². The van der Waals surface area contributed by atoms with Gasteiger partial charge < -0.3 is 10.2 Å². The van der Waals surface area contributed by atoms with Gasteiger partial charge in [0.25, 0.3) is 0 Å². The molecule has 0 heterocycles. The lowest BCUT2D eigenvalue weighted by Crippen LogP contribution is -2.36. The lowest BCUT2D eigenvalue weighted by molar-refractivity contribution is -0.159. The van der Waals surface area contributed by atoms with Crippen LogP contribution in [0.3, 0.4) is 0 Å². The van der Waals surface area contributed by atoms with Crippen LogP contribution in [0.4, 0.5) is 0 Å². The Labute approximate surface area is 107 Å². The molecule has 0 bridgehead atoms. The molecule has 0 rings (SSSR count). The molecule has 4 N–H and O–H groups in total. The maximum Gasteiger partial charge on any atom is 0.414 e. The van der Waals surface area contributed by atoms with Crippen molar-refractivity contribution < 1.29 is 24.6 Å². The highest BCUT2D eigenvalue weighted by atomic mass is 16.4. The average Bonchev–Trinajstić information content (AvgIpc) is 2.28. The van der Waals surface area contributed by atoms with Crippen LogP contribution in [0, 0.1) is 0 Å². The summed E-state index contributed by atoms with van der Waals surface area (Å²) in [6.45, 7) is 4.59. The second kappa shape index (κ2) is 13.4. The maximum atomic E-state index is 10.4. The van der Waals surface area contributed by atoms with E-state index < -0.39 is 11.9 Å². The number of carbonyl (C=O) groups excluding carboxylic acids is 1. The van der Waals surface area contributed by atoms with Crippen molar-refractivity contribution in [3.05, 3.63) is 0 Å². The number of aliphatic carboxylic acids is 2. The highest BCUT2D eigenvalue weighted by Gasteiger charge is 2.04. The number of hydrogen-bond acceptors (Lipinski definition) is 4. The van der Waals surface area contributed by atoms with E-state index >= 15 is 0 Å². The minimum Gasteiger partial charge on any atom is -0.473 e. The van der Waals surface area contributed by atoms with Gasteiger partial charge in [-0.2, -0.15) is 0 Å². The molecule has 0 aromatic carbocycles. The molecule has 0 aliphatic heterocycles. The predicted octanol–water partition coefficient (Wildman–Crippen LogP) is 0.753. The lowest BCUT2D eigenvalue weighted by atomic mass is 10.2. The van der Waals surface area contributed by atoms with Gasteiger partial charge in [-0.05, 0) is 6.42 Å². The molecule has 0 saturated carbocycles. The summed E-state index contributed by atoms with van der Waals surface area (Å²) < 4.78 is 0. The van der Waals surface area contributed by atoms with Crippen LogP contribution in [-0.2, 0) is 14.4 Å². The number of carboxylic acid groups (broad SMARTS) is 2. The largest absolute Gasteiger partial charge is 0.473 e. The average molecular weight is 262 g/mol. The molecule has 106 valence electrons. The van der Waals surface area contributed by atoms with E-state index in [1.807, 2.05) is 0 Å². The Balaban J connectivity index is 0. The van der Waals surface area contributed by atoms with Gasteiger partial charge in [0.05, 0.1) is 0 Å². The number of hydrogen-bond donors (Lipinski definition) is 4. The van der Waals surface area contributed by atoms with Gasteiger partial charge in [0.2, 0.25) is 5.91 Å². The molecule has 0 atom stereocenters. The molecule has 7 nitrogen and oxygen atoms in total. The normalized spacial score (nSPS) is 9.00. The van der Waals surface area contributed by atoms with Gasteiger partial charge >= 0.3 is 11.9 Å². The lowest BCUT2D eigenvalue weighted by Gasteiger charge is -2.03. The van der Waals surface area contributed by atoms with Crippen LogP contribution < -0.4 is 10.9 Å². The van der Waals surface area contributed by atoms with E-state index in [1.54, 1.807) is 0 Å². The Kier molecular flexibility index (Phi) is 14.0. The summed E-state index contributed by atoms with van der Waals surface area (Å²) in [6.07, 6.45) is 6.29. The van der Waals surface area contributed by atoms with Gasteiger partial charge in [0, 0.05) is 13.5 Å². The quantitative estimate of drug-likeness (QED) is 0.306. The zero-order chi connectivity index (χ0) is 14.4. The number of carbonyl (C=O) groups is 3. The van der Waals surface area contributed by atoms with Crippen molar-refractivity contribution in [1.82, 2.24) is 10.9 Å². The number of rotatable bonds is 7. The Bertz CT molecular complexity index is 244. The third-order valence-corrected chi connectivity index (χ3v) is 1.85. The molecule has 0 radical (unpaired) electrons. The molecule has 0 unspecified atom stereocenters. The summed E-state index contributed by atoms with van der Waals surface area (Å²) in [6, 6.07) is 0. The van der Waals surface area contributed by atoms with Crippen molar-refractivity contribution in [2.45, 2.75) is 46.0 Å². The topological polar surface area (TPSA) is 116 Å². The van der Waals surface area contributed by atoms with Crippen LogP contribution >= 0.6 is 0 Å². The van der Waals surface area contributed by atoms with E-state index in [0.717, 1.165) is 13.0 Å². The molecule has 0 saturated heterocycles. The molecule has 0 spiro atoms. The molecular weight excluding hydrogens is 240 g/mol. The van der Waals surface area contributed by atoms with Crippen LogP contribution in [0.2, 0.25) is 0 Å². The second-order valence-corrected chi connectivity index (χ2v) is 3.63. The summed E-state index contributed by atoms with van der Waals surface area (Å²) in [5, 5.41) is 14.8. The summed E-state index contributed by atoms with van der Waals surface area (Å²) in [5.74, 6) is -3.67. The van der Waals surface area contributed by atoms with Crippen molar-refractivity contribution in [2.24, 2.45) is 0 Å². The third-order valence-electron chi connectivity index (χ3n) is 1.85. The number of carboxylic acids is 2. The Morgan fingerprint density at radius 2 is 1.44 bits per heavy atom. The Morgan fingerprint density at radius 3 is 1.83 bits per heavy atom. The third kappa shape index (κ3) is 19.9. The maximum absolute atomic E-state index is 10.4. The van der Waals surface area contributed by atoms with Crippen molar-refractivity contribution in [3.8, 4) is 0 Å².